The molecular formula is C17H22BrN. The van der Waals surface area contributed by atoms with Gasteiger partial charge in [0, 0.05) is 10.5 Å². The molecule has 4 aliphatic carbocycles. The molecule has 1 unspecified atom stereocenters. The summed E-state index contributed by atoms with van der Waals surface area (Å²) in [6.45, 7) is 0. The van der Waals surface area contributed by atoms with Crippen LogP contribution in [0.2, 0.25) is 0 Å². The molecule has 1 aromatic rings. The van der Waals surface area contributed by atoms with Gasteiger partial charge in [0.25, 0.3) is 0 Å². The van der Waals surface area contributed by atoms with Crippen LogP contribution in [0.25, 0.3) is 0 Å². The highest BCUT2D eigenvalue weighted by molar-refractivity contribution is 9.10. The summed E-state index contributed by atoms with van der Waals surface area (Å²) in [6.07, 6.45) is 8.62. The van der Waals surface area contributed by atoms with Gasteiger partial charge in [-0.25, -0.2) is 0 Å². The Morgan fingerprint density at radius 2 is 1.63 bits per heavy atom. The molecule has 0 radical (unpaired) electrons. The maximum atomic E-state index is 6.74. The lowest BCUT2D eigenvalue weighted by molar-refractivity contribution is -0.0677. The molecule has 1 aromatic carbocycles. The minimum atomic E-state index is 0.235. The maximum Gasteiger partial charge on any atom is 0.0352 e. The van der Waals surface area contributed by atoms with Gasteiger partial charge in [-0.2, -0.15) is 0 Å². The Labute approximate surface area is 124 Å². The van der Waals surface area contributed by atoms with Gasteiger partial charge in [0.05, 0.1) is 0 Å². The lowest BCUT2D eigenvalue weighted by Gasteiger charge is -2.59. The van der Waals surface area contributed by atoms with Gasteiger partial charge in [-0.15, -0.1) is 0 Å². The van der Waals surface area contributed by atoms with Gasteiger partial charge >= 0.3 is 0 Å². The first-order chi connectivity index (χ1) is 9.14. The van der Waals surface area contributed by atoms with E-state index in [0.717, 1.165) is 22.2 Å². The van der Waals surface area contributed by atoms with Gasteiger partial charge in [0.1, 0.15) is 0 Å². The Morgan fingerprint density at radius 3 is 2.16 bits per heavy atom. The first-order valence-electron chi connectivity index (χ1n) is 7.66. The number of nitrogens with two attached hydrogens (primary N) is 1. The van der Waals surface area contributed by atoms with E-state index in [-0.39, 0.29) is 6.04 Å². The molecule has 0 aromatic heterocycles. The third-order valence-electron chi connectivity index (χ3n) is 5.95. The summed E-state index contributed by atoms with van der Waals surface area (Å²) in [5, 5.41) is 0. The monoisotopic (exact) mass is 319 g/mol. The van der Waals surface area contributed by atoms with Crippen molar-refractivity contribution in [2.75, 3.05) is 0 Å². The van der Waals surface area contributed by atoms with Crippen LogP contribution in [0.15, 0.2) is 28.7 Å². The molecule has 102 valence electrons. The molecule has 2 N–H and O–H groups in total. The Hall–Kier alpha value is -0.340. The maximum absolute atomic E-state index is 6.74. The number of hydrogen-bond donors (Lipinski definition) is 1. The molecule has 0 amide bonds. The van der Waals surface area contributed by atoms with Gasteiger partial charge in [-0.05, 0) is 79.4 Å². The Morgan fingerprint density at radius 1 is 1.05 bits per heavy atom. The number of benzene rings is 1. The molecule has 19 heavy (non-hydrogen) atoms. The second-order valence-corrected chi connectivity index (χ2v) is 8.23. The van der Waals surface area contributed by atoms with Crippen LogP contribution in [0.1, 0.15) is 50.1 Å². The number of hydrogen-bond acceptors (Lipinski definition) is 1. The summed E-state index contributed by atoms with van der Waals surface area (Å²) in [6, 6.07) is 8.89. The van der Waals surface area contributed by atoms with Crippen molar-refractivity contribution >= 4 is 15.9 Å². The SMILES string of the molecule is NC(c1cccc(Br)c1)C12CC3CC(CC(C3)C1)C2. The zero-order chi connectivity index (χ0) is 13.0. The average Bonchev–Trinajstić information content (AvgIpc) is 2.36. The molecule has 2 heteroatoms. The smallest absolute Gasteiger partial charge is 0.0352 e. The quantitative estimate of drug-likeness (QED) is 0.842. The zero-order valence-corrected chi connectivity index (χ0v) is 12.9. The number of halogens is 1. The van der Waals surface area contributed by atoms with E-state index in [1.807, 2.05) is 0 Å². The van der Waals surface area contributed by atoms with Crippen LogP contribution >= 0.6 is 15.9 Å². The van der Waals surface area contributed by atoms with E-state index in [9.17, 15) is 0 Å². The molecule has 4 saturated carbocycles. The van der Waals surface area contributed by atoms with Crippen LogP contribution in [0.5, 0.6) is 0 Å². The van der Waals surface area contributed by atoms with Crippen LogP contribution < -0.4 is 5.73 Å². The normalized spacial score (nSPS) is 41.5. The van der Waals surface area contributed by atoms with E-state index in [1.165, 1.54) is 44.1 Å². The summed E-state index contributed by atoms with van der Waals surface area (Å²) in [5.74, 6) is 2.93. The minimum Gasteiger partial charge on any atom is -0.323 e. The van der Waals surface area contributed by atoms with E-state index in [2.05, 4.69) is 40.2 Å². The van der Waals surface area contributed by atoms with Gasteiger partial charge < -0.3 is 5.73 Å². The fraction of sp³-hybridized carbons (Fsp3) is 0.647. The van der Waals surface area contributed by atoms with Crippen molar-refractivity contribution in [2.45, 2.75) is 44.6 Å². The predicted molar refractivity (Wildman–Crippen MR) is 81.7 cm³/mol. The largest absolute Gasteiger partial charge is 0.323 e. The molecule has 0 aliphatic heterocycles. The third-order valence-corrected chi connectivity index (χ3v) is 6.45. The lowest BCUT2D eigenvalue weighted by Crippen LogP contribution is -2.50. The highest BCUT2D eigenvalue weighted by atomic mass is 79.9. The van der Waals surface area contributed by atoms with Crippen LogP contribution in [-0.4, -0.2) is 0 Å². The van der Waals surface area contributed by atoms with E-state index in [4.69, 9.17) is 5.73 Å². The first kappa shape index (κ1) is 12.4. The second-order valence-electron chi connectivity index (χ2n) is 7.31. The van der Waals surface area contributed by atoms with Crippen molar-refractivity contribution in [3.63, 3.8) is 0 Å². The van der Waals surface area contributed by atoms with Crippen molar-refractivity contribution in [1.29, 1.82) is 0 Å². The van der Waals surface area contributed by atoms with E-state index in [1.54, 1.807) is 0 Å². The Bertz CT molecular complexity index is 461. The molecule has 5 rings (SSSR count). The van der Waals surface area contributed by atoms with Crippen LogP contribution in [0.4, 0.5) is 0 Å². The minimum absolute atomic E-state index is 0.235. The fourth-order valence-electron chi connectivity index (χ4n) is 5.61. The van der Waals surface area contributed by atoms with E-state index in [0.29, 0.717) is 5.41 Å². The number of rotatable bonds is 2. The zero-order valence-electron chi connectivity index (χ0n) is 11.3. The average molecular weight is 320 g/mol. The van der Waals surface area contributed by atoms with E-state index >= 15 is 0 Å². The summed E-state index contributed by atoms with van der Waals surface area (Å²) >= 11 is 3.58. The van der Waals surface area contributed by atoms with E-state index < -0.39 is 0 Å². The highest BCUT2D eigenvalue weighted by Crippen LogP contribution is 2.63. The first-order valence-corrected chi connectivity index (χ1v) is 8.45. The Kier molecular flexibility index (Phi) is 2.82. The molecule has 1 atom stereocenters. The Balaban J connectivity index is 1.68. The summed E-state index contributed by atoms with van der Waals surface area (Å²) in [4.78, 5) is 0. The third kappa shape index (κ3) is 1.99. The van der Waals surface area contributed by atoms with Gasteiger partial charge in [0.2, 0.25) is 0 Å². The van der Waals surface area contributed by atoms with Gasteiger partial charge in [0.15, 0.2) is 0 Å². The molecular weight excluding hydrogens is 298 g/mol. The standard InChI is InChI=1S/C17H22BrN/c18-15-3-1-2-14(7-15)16(19)17-8-11-4-12(9-17)6-13(5-11)10-17/h1-3,7,11-13,16H,4-6,8-10,19H2. The van der Waals surface area contributed by atoms with Crippen molar-refractivity contribution in [2.24, 2.45) is 28.9 Å². The van der Waals surface area contributed by atoms with Crippen LogP contribution in [-0.2, 0) is 0 Å². The van der Waals surface area contributed by atoms with Crippen molar-refractivity contribution < 1.29 is 0 Å². The van der Waals surface area contributed by atoms with Crippen LogP contribution in [0, 0.1) is 23.2 Å². The van der Waals surface area contributed by atoms with Gasteiger partial charge in [-0.3, -0.25) is 0 Å². The fourth-order valence-corrected chi connectivity index (χ4v) is 6.03. The highest BCUT2D eigenvalue weighted by Gasteiger charge is 2.53. The summed E-state index contributed by atoms with van der Waals surface area (Å²) in [5.41, 5.74) is 8.48. The molecule has 0 saturated heterocycles. The van der Waals surface area contributed by atoms with Gasteiger partial charge in [-0.1, -0.05) is 28.1 Å². The topological polar surface area (TPSA) is 26.0 Å². The molecule has 4 aliphatic rings. The lowest BCUT2D eigenvalue weighted by atomic mass is 9.47. The molecule has 4 fully saturated rings. The molecule has 1 nitrogen and oxygen atoms in total. The summed E-state index contributed by atoms with van der Waals surface area (Å²) in [7, 11) is 0. The van der Waals surface area contributed by atoms with Crippen molar-refractivity contribution in [3.8, 4) is 0 Å². The summed E-state index contributed by atoms with van der Waals surface area (Å²) < 4.78 is 1.16. The van der Waals surface area contributed by atoms with Crippen LogP contribution in [0.3, 0.4) is 0 Å². The molecule has 0 spiro atoms. The predicted octanol–water partition coefficient (Wildman–Crippen LogP) is 4.67. The van der Waals surface area contributed by atoms with Crippen molar-refractivity contribution in [3.05, 3.63) is 34.3 Å². The van der Waals surface area contributed by atoms with Crippen molar-refractivity contribution in [1.82, 2.24) is 0 Å². The second kappa shape index (κ2) is 4.33. The molecule has 4 bridgehead atoms. The molecule has 0 heterocycles.